The highest BCUT2D eigenvalue weighted by Crippen LogP contribution is 2.24. The molecule has 1 amide bonds. The summed E-state index contributed by atoms with van der Waals surface area (Å²) < 4.78 is 0. The van der Waals surface area contributed by atoms with E-state index in [4.69, 9.17) is 0 Å². The Labute approximate surface area is 103 Å². The molecule has 0 aromatic carbocycles. The summed E-state index contributed by atoms with van der Waals surface area (Å²) >= 11 is 0. The van der Waals surface area contributed by atoms with Gasteiger partial charge in [0.2, 0.25) is 5.91 Å². The largest absolute Gasteiger partial charge is 0.388 e. The molecule has 17 heavy (non-hydrogen) atoms. The van der Waals surface area contributed by atoms with Gasteiger partial charge in [0.15, 0.2) is 0 Å². The quantitative estimate of drug-likeness (QED) is 0.765. The highest BCUT2D eigenvalue weighted by molar-refractivity contribution is 5.78. The van der Waals surface area contributed by atoms with Crippen molar-refractivity contribution in [1.82, 2.24) is 10.2 Å². The molecule has 1 saturated heterocycles. The lowest BCUT2D eigenvalue weighted by atomic mass is 9.86. The van der Waals surface area contributed by atoms with Crippen LogP contribution in [0, 0.1) is 5.92 Å². The summed E-state index contributed by atoms with van der Waals surface area (Å²) in [7, 11) is 0. The lowest BCUT2D eigenvalue weighted by Gasteiger charge is -2.44. The van der Waals surface area contributed by atoms with Gasteiger partial charge < -0.3 is 10.4 Å². The van der Waals surface area contributed by atoms with E-state index < -0.39 is 5.60 Å². The number of amides is 1. The highest BCUT2D eigenvalue weighted by atomic mass is 16.3. The molecule has 2 unspecified atom stereocenters. The Balaban J connectivity index is 1.70. The predicted octanol–water partition coefficient (Wildman–Crippen LogP) is 0.748. The molecule has 0 aromatic heterocycles. The molecular formula is C13H24N2O2. The maximum atomic E-state index is 11.8. The number of likely N-dealkylation sites (tertiary alicyclic amines) is 1. The van der Waals surface area contributed by atoms with Crippen molar-refractivity contribution in [3.05, 3.63) is 0 Å². The average molecular weight is 240 g/mol. The molecule has 0 spiro atoms. The van der Waals surface area contributed by atoms with Gasteiger partial charge in [-0.05, 0) is 25.7 Å². The standard InChI is InChI=1S/C13H24N2O2/c1-10-5-3-4-6-11(10)14-12(16)7-15-8-13(2,17)9-15/h10-11,17H,3-9H2,1-2H3,(H,14,16). The van der Waals surface area contributed by atoms with Gasteiger partial charge in [0.1, 0.15) is 0 Å². The average Bonchev–Trinajstić information content (AvgIpc) is 2.18. The van der Waals surface area contributed by atoms with Crippen LogP contribution in [-0.4, -0.2) is 47.2 Å². The normalized spacial score (nSPS) is 32.9. The van der Waals surface area contributed by atoms with Crippen LogP contribution in [0.1, 0.15) is 39.5 Å². The van der Waals surface area contributed by atoms with Gasteiger partial charge in [-0.3, -0.25) is 9.69 Å². The van der Waals surface area contributed by atoms with Gasteiger partial charge >= 0.3 is 0 Å². The summed E-state index contributed by atoms with van der Waals surface area (Å²) in [6.07, 6.45) is 4.87. The van der Waals surface area contributed by atoms with Crippen LogP contribution in [0.25, 0.3) is 0 Å². The first-order chi connectivity index (χ1) is 7.96. The molecule has 1 heterocycles. The Morgan fingerprint density at radius 1 is 1.41 bits per heavy atom. The Morgan fingerprint density at radius 2 is 2.06 bits per heavy atom. The summed E-state index contributed by atoms with van der Waals surface area (Å²) in [6, 6.07) is 0.359. The van der Waals surface area contributed by atoms with Crippen molar-refractivity contribution < 1.29 is 9.90 Å². The topological polar surface area (TPSA) is 52.6 Å². The summed E-state index contributed by atoms with van der Waals surface area (Å²) in [6.45, 7) is 5.68. The van der Waals surface area contributed by atoms with Crippen LogP contribution in [0.3, 0.4) is 0 Å². The fraction of sp³-hybridized carbons (Fsp3) is 0.923. The van der Waals surface area contributed by atoms with Crippen LogP contribution in [-0.2, 0) is 4.79 Å². The maximum Gasteiger partial charge on any atom is 0.234 e. The second kappa shape index (κ2) is 4.94. The molecule has 2 rings (SSSR count). The molecule has 1 aliphatic carbocycles. The van der Waals surface area contributed by atoms with E-state index in [1.54, 1.807) is 0 Å². The van der Waals surface area contributed by atoms with Crippen LogP contribution in [0.5, 0.6) is 0 Å². The first-order valence-electron chi connectivity index (χ1n) is 6.70. The zero-order valence-corrected chi connectivity index (χ0v) is 10.9. The van der Waals surface area contributed by atoms with Gasteiger partial charge in [-0.15, -0.1) is 0 Å². The molecule has 1 saturated carbocycles. The van der Waals surface area contributed by atoms with Crippen LogP contribution < -0.4 is 5.32 Å². The monoisotopic (exact) mass is 240 g/mol. The van der Waals surface area contributed by atoms with Crippen molar-refractivity contribution in [1.29, 1.82) is 0 Å². The maximum absolute atomic E-state index is 11.8. The van der Waals surface area contributed by atoms with Crippen LogP contribution >= 0.6 is 0 Å². The molecule has 2 fully saturated rings. The minimum absolute atomic E-state index is 0.110. The zero-order chi connectivity index (χ0) is 12.5. The van der Waals surface area contributed by atoms with Crippen molar-refractivity contribution in [2.75, 3.05) is 19.6 Å². The van der Waals surface area contributed by atoms with E-state index in [2.05, 4.69) is 12.2 Å². The molecule has 2 aliphatic rings. The first-order valence-corrected chi connectivity index (χ1v) is 6.70. The van der Waals surface area contributed by atoms with E-state index in [-0.39, 0.29) is 5.91 Å². The molecule has 98 valence electrons. The Morgan fingerprint density at radius 3 is 2.65 bits per heavy atom. The molecule has 0 bridgehead atoms. The van der Waals surface area contributed by atoms with Gasteiger partial charge in [-0.25, -0.2) is 0 Å². The van der Waals surface area contributed by atoms with E-state index in [0.717, 1.165) is 6.42 Å². The molecular weight excluding hydrogens is 216 g/mol. The molecule has 4 nitrogen and oxygen atoms in total. The van der Waals surface area contributed by atoms with Gasteiger partial charge in [-0.1, -0.05) is 19.8 Å². The molecule has 2 atom stereocenters. The number of carbonyl (C=O) groups is 1. The number of carbonyl (C=O) groups excluding carboxylic acids is 1. The minimum atomic E-state index is -0.585. The van der Waals surface area contributed by atoms with Crippen molar-refractivity contribution in [2.45, 2.75) is 51.2 Å². The first kappa shape index (κ1) is 12.8. The van der Waals surface area contributed by atoms with E-state index in [1.807, 2.05) is 11.8 Å². The second-order valence-corrected chi connectivity index (χ2v) is 6.08. The predicted molar refractivity (Wildman–Crippen MR) is 66.6 cm³/mol. The van der Waals surface area contributed by atoms with Crippen LogP contribution in [0.4, 0.5) is 0 Å². The number of β-amino-alcohol motifs (C(OH)–C–C–N with tert-alkyl or cyclic N) is 1. The van der Waals surface area contributed by atoms with Crippen molar-refractivity contribution in [3.8, 4) is 0 Å². The van der Waals surface area contributed by atoms with Gasteiger partial charge in [0, 0.05) is 19.1 Å². The van der Waals surface area contributed by atoms with E-state index in [1.165, 1.54) is 19.3 Å². The summed E-state index contributed by atoms with van der Waals surface area (Å²) in [5, 5.41) is 12.7. The number of nitrogens with zero attached hydrogens (tertiary/aromatic N) is 1. The summed E-state index contributed by atoms with van der Waals surface area (Å²) in [5.74, 6) is 0.714. The summed E-state index contributed by atoms with van der Waals surface area (Å²) in [5.41, 5.74) is -0.585. The van der Waals surface area contributed by atoms with E-state index >= 15 is 0 Å². The van der Waals surface area contributed by atoms with E-state index in [9.17, 15) is 9.90 Å². The third-order valence-corrected chi connectivity index (χ3v) is 3.95. The van der Waals surface area contributed by atoms with Gasteiger partial charge in [-0.2, -0.15) is 0 Å². The number of rotatable bonds is 3. The minimum Gasteiger partial charge on any atom is -0.388 e. The third-order valence-electron chi connectivity index (χ3n) is 3.95. The molecule has 4 heteroatoms. The van der Waals surface area contributed by atoms with Gasteiger partial charge in [0.25, 0.3) is 0 Å². The van der Waals surface area contributed by atoms with Crippen molar-refractivity contribution in [3.63, 3.8) is 0 Å². The Bertz CT molecular complexity index is 283. The third kappa shape index (κ3) is 3.42. The highest BCUT2D eigenvalue weighted by Gasteiger charge is 2.37. The molecule has 2 N–H and O–H groups in total. The van der Waals surface area contributed by atoms with Crippen LogP contribution in [0.15, 0.2) is 0 Å². The Hall–Kier alpha value is -0.610. The smallest absolute Gasteiger partial charge is 0.234 e. The number of hydrogen-bond acceptors (Lipinski definition) is 3. The molecule has 1 aliphatic heterocycles. The second-order valence-electron chi connectivity index (χ2n) is 6.08. The number of aliphatic hydroxyl groups is 1. The Kier molecular flexibility index (Phi) is 3.73. The lowest BCUT2D eigenvalue weighted by molar-refractivity contribution is -0.131. The van der Waals surface area contributed by atoms with Crippen molar-refractivity contribution in [2.24, 2.45) is 5.92 Å². The van der Waals surface area contributed by atoms with Gasteiger partial charge in [0.05, 0.1) is 12.1 Å². The fourth-order valence-corrected chi connectivity index (χ4v) is 3.02. The zero-order valence-electron chi connectivity index (χ0n) is 10.9. The molecule has 0 radical (unpaired) electrons. The number of nitrogens with one attached hydrogen (secondary N) is 1. The van der Waals surface area contributed by atoms with E-state index in [0.29, 0.717) is 31.6 Å². The summed E-state index contributed by atoms with van der Waals surface area (Å²) in [4.78, 5) is 13.8. The molecule has 0 aromatic rings. The SMILES string of the molecule is CC1CCCCC1NC(=O)CN1CC(C)(O)C1. The number of hydrogen-bond donors (Lipinski definition) is 2. The fourth-order valence-electron chi connectivity index (χ4n) is 3.02. The lowest BCUT2D eigenvalue weighted by Crippen LogP contribution is -2.62. The van der Waals surface area contributed by atoms with Crippen molar-refractivity contribution >= 4 is 5.91 Å². The van der Waals surface area contributed by atoms with Crippen LogP contribution in [0.2, 0.25) is 0 Å².